The van der Waals surface area contributed by atoms with E-state index < -0.39 is 10.7 Å². The highest BCUT2D eigenvalue weighted by atomic mass is 32.1. The van der Waals surface area contributed by atoms with Crippen LogP contribution < -0.4 is 4.90 Å². The van der Waals surface area contributed by atoms with Crippen molar-refractivity contribution in [1.29, 1.82) is 0 Å². The largest absolute Gasteiger partial charge is 0.359 e. The predicted molar refractivity (Wildman–Crippen MR) is 76.8 cm³/mol. The molecule has 0 fully saturated rings. The van der Waals surface area contributed by atoms with E-state index in [0.29, 0.717) is 12.2 Å². The summed E-state index contributed by atoms with van der Waals surface area (Å²) in [6.45, 7) is 2.74. The highest BCUT2D eigenvalue weighted by Crippen LogP contribution is 2.39. The molecule has 104 valence electrons. The molecule has 0 bridgehead atoms. The lowest BCUT2D eigenvalue weighted by Gasteiger charge is -2.35. The molecule has 1 aromatic heterocycles. The summed E-state index contributed by atoms with van der Waals surface area (Å²) < 4.78 is 13.2. The van der Waals surface area contributed by atoms with E-state index in [-0.39, 0.29) is 11.7 Å². The number of hydrogen-bond donors (Lipinski definition) is 0. The van der Waals surface area contributed by atoms with Gasteiger partial charge in [-0.05, 0) is 42.5 Å². The second kappa shape index (κ2) is 4.86. The molecular formula is C14H13FN2O2S. The quantitative estimate of drug-likeness (QED) is 0.622. The third-order valence-electron chi connectivity index (χ3n) is 3.72. The second-order valence-corrected chi connectivity index (χ2v) is 5.81. The molecule has 1 aromatic carbocycles. The summed E-state index contributed by atoms with van der Waals surface area (Å²) >= 11 is 1.72. The van der Waals surface area contributed by atoms with Gasteiger partial charge in [0.05, 0.1) is 17.0 Å². The summed E-state index contributed by atoms with van der Waals surface area (Å²) in [5.41, 5.74) is 1.52. The smallest absolute Gasteiger partial charge is 0.295 e. The van der Waals surface area contributed by atoms with Crippen molar-refractivity contribution >= 4 is 22.7 Å². The zero-order valence-corrected chi connectivity index (χ0v) is 11.7. The Bertz CT molecular complexity index is 671. The molecule has 2 heterocycles. The van der Waals surface area contributed by atoms with Gasteiger partial charge in [0.15, 0.2) is 0 Å². The van der Waals surface area contributed by atoms with Gasteiger partial charge in [-0.1, -0.05) is 0 Å². The van der Waals surface area contributed by atoms with Gasteiger partial charge in [0, 0.05) is 11.4 Å². The number of anilines is 1. The number of rotatable bonds is 2. The van der Waals surface area contributed by atoms with Crippen molar-refractivity contribution in [3.05, 3.63) is 56.0 Å². The second-order valence-electron chi connectivity index (χ2n) is 4.81. The van der Waals surface area contributed by atoms with Gasteiger partial charge in [-0.2, -0.15) is 0 Å². The molecular weight excluding hydrogens is 279 g/mol. The van der Waals surface area contributed by atoms with Crippen LogP contribution in [0.3, 0.4) is 0 Å². The third-order valence-corrected chi connectivity index (χ3v) is 4.72. The molecule has 6 heteroatoms. The Kier molecular flexibility index (Phi) is 3.17. The van der Waals surface area contributed by atoms with Crippen LogP contribution in [0.1, 0.15) is 23.4 Å². The summed E-state index contributed by atoms with van der Waals surface area (Å²) in [6.07, 6.45) is 0.867. The number of thiophene rings is 1. The Morgan fingerprint density at radius 3 is 3.00 bits per heavy atom. The van der Waals surface area contributed by atoms with Crippen molar-refractivity contribution in [2.24, 2.45) is 0 Å². The molecule has 20 heavy (non-hydrogen) atoms. The van der Waals surface area contributed by atoms with E-state index in [1.54, 1.807) is 11.3 Å². The van der Waals surface area contributed by atoms with E-state index >= 15 is 0 Å². The van der Waals surface area contributed by atoms with Gasteiger partial charge in [0.2, 0.25) is 0 Å². The van der Waals surface area contributed by atoms with Gasteiger partial charge in [0.1, 0.15) is 11.5 Å². The van der Waals surface area contributed by atoms with Crippen LogP contribution in [0.5, 0.6) is 0 Å². The lowest BCUT2D eigenvalue weighted by Crippen LogP contribution is -2.33. The van der Waals surface area contributed by atoms with E-state index in [4.69, 9.17) is 0 Å². The lowest BCUT2D eigenvalue weighted by atomic mass is 10.0. The number of nitro groups is 1. The zero-order chi connectivity index (χ0) is 14.3. The molecule has 0 N–H and O–H groups in total. The Hall–Kier alpha value is -1.95. The number of fused-ring (bicyclic) bond motifs is 1. The molecule has 1 atom stereocenters. The molecule has 3 rings (SSSR count). The summed E-state index contributed by atoms with van der Waals surface area (Å²) in [5.74, 6) is -0.582. The highest BCUT2D eigenvalue weighted by Gasteiger charge is 2.29. The van der Waals surface area contributed by atoms with E-state index in [0.717, 1.165) is 12.5 Å². The van der Waals surface area contributed by atoms with Crippen LogP contribution in [-0.2, 0) is 6.42 Å². The van der Waals surface area contributed by atoms with Crippen LogP contribution in [0.4, 0.5) is 15.8 Å². The topological polar surface area (TPSA) is 46.4 Å². The molecule has 0 saturated carbocycles. The Labute approximate surface area is 119 Å². The number of benzene rings is 1. The summed E-state index contributed by atoms with van der Waals surface area (Å²) in [5, 5.41) is 13.2. The first-order valence-corrected chi connectivity index (χ1v) is 7.22. The maximum atomic E-state index is 13.2. The van der Waals surface area contributed by atoms with Crippen molar-refractivity contribution in [2.45, 2.75) is 19.4 Å². The normalized spacial score (nSPS) is 17.9. The SMILES string of the molecule is CC1c2ccsc2CCN1c1ccc(F)cc1[N+](=O)[O-]. The van der Waals surface area contributed by atoms with Crippen LogP contribution in [-0.4, -0.2) is 11.5 Å². The minimum atomic E-state index is -0.582. The van der Waals surface area contributed by atoms with Crippen LogP contribution in [0.2, 0.25) is 0 Å². The predicted octanol–water partition coefficient (Wildman–Crippen LogP) is 3.92. The number of halogens is 1. The van der Waals surface area contributed by atoms with Crippen molar-refractivity contribution in [1.82, 2.24) is 0 Å². The number of hydrogen-bond acceptors (Lipinski definition) is 4. The van der Waals surface area contributed by atoms with E-state index in [2.05, 4.69) is 6.07 Å². The maximum Gasteiger partial charge on any atom is 0.295 e. The first kappa shape index (κ1) is 13.1. The van der Waals surface area contributed by atoms with Crippen LogP contribution in [0.15, 0.2) is 29.6 Å². The first-order valence-electron chi connectivity index (χ1n) is 6.35. The summed E-state index contributed by atoms with van der Waals surface area (Å²) in [6, 6.07) is 5.89. The van der Waals surface area contributed by atoms with Gasteiger partial charge < -0.3 is 4.90 Å². The van der Waals surface area contributed by atoms with Crippen LogP contribution in [0, 0.1) is 15.9 Å². The number of nitrogens with zero attached hydrogens (tertiary/aromatic N) is 2. The zero-order valence-electron chi connectivity index (χ0n) is 10.9. The van der Waals surface area contributed by atoms with Crippen molar-refractivity contribution < 1.29 is 9.31 Å². The first-order chi connectivity index (χ1) is 9.58. The molecule has 2 aromatic rings. The van der Waals surface area contributed by atoms with E-state index in [9.17, 15) is 14.5 Å². The van der Waals surface area contributed by atoms with Gasteiger partial charge in [0.25, 0.3) is 5.69 Å². The fraction of sp³-hybridized carbons (Fsp3) is 0.286. The fourth-order valence-corrected chi connectivity index (χ4v) is 3.69. The van der Waals surface area contributed by atoms with Crippen molar-refractivity contribution in [3.63, 3.8) is 0 Å². The Balaban J connectivity index is 2.04. The Morgan fingerprint density at radius 1 is 1.45 bits per heavy atom. The molecule has 0 radical (unpaired) electrons. The van der Waals surface area contributed by atoms with E-state index in [1.165, 1.54) is 22.6 Å². The van der Waals surface area contributed by atoms with Crippen molar-refractivity contribution in [3.8, 4) is 0 Å². The third kappa shape index (κ3) is 2.06. The average molecular weight is 292 g/mol. The minimum Gasteiger partial charge on any atom is -0.359 e. The Morgan fingerprint density at radius 2 is 2.25 bits per heavy atom. The molecule has 1 unspecified atom stereocenters. The monoisotopic (exact) mass is 292 g/mol. The lowest BCUT2D eigenvalue weighted by molar-refractivity contribution is -0.384. The maximum absolute atomic E-state index is 13.2. The van der Waals surface area contributed by atoms with Crippen LogP contribution >= 0.6 is 11.3 Å². The van der Waals surface area contributed by atoms with Gasteiger partial charge in [-0.25, -0.2) is 4.39 Å². The molecule has 4 nitrogen and oxygen atoms in total. The molecule has 0 aliphatic carbocycles. The van der Waals surface area contributed by atoms with E-state index in [1.807, 2.05) is 17.2 Å². The summed E-state index contributed by atoms with van der Waals surface area (Å²) in [7, 11) is 0. The summed E-state index contributed by atoms with van der Waals surface area (Å²) in [4.78, 5) is 13.9. The molecule has 0 spiro atoms. The molecule has 1 aliphatic rings. The fourth-order valence-electron chi connectivity index (χ4n) is 2.72. The standard InChI is InChI=1S/C14H13FN2O2S/c1-9-11-5-7-20-14(11)4-6-16(9)12-3-2-10(15)8-13(12)17(18)19/h2-3,5,7-9H,4,6H2,1H3. The molecule has 0 saturated heterocycles. The minimum absolute atomic E-state index is 0.0640. The van der Waals surface area contributed by atoms with Gasteiger partial charge in [-0.3, -0.25) is 10.1 Å². The number of nitro benzene ring substituents is 1. The van der Waals surface area contributed by atoms with Crippen LogP contribution in [0.25, 0.3) is 0 Å². The van der Waals surface area contributed by atoms with Gasteiger partial charge >= 0.3 is 0 Å². The molecule has 1 aliphatic heterocycles. The van der Waals surface area contributed by atoms with Gasteiger partial charge in [-0.15, -0.1) is 11.3 Å². The van der Waals surface area contributed by atoms with Crippen molar-refractivity contribution in [2.75, 3.05) is 11.4 Å². The average Bonchev–Trinajstić information content (AvgIpc) is 2.89. The molecule has 0 amide bonds. The highest BCUT2D eigenvalue weighted by molar-refractivity contribution is 7.10.